The van der Waals surface area contributed by atoms with Gasteiger partial charge in [0.15, 0.2) is 5.49 Å². The Labute approximate surface area is 63.5 Å². The van der Waals surface area contributed by atoms with Gasteiger partial charge in [0, 0.05) is 11.4 Å². The van der Waals surface area contributed by atoms with Crippen LogP contribution in [-0.4, -0.2) is 16.5 Å². The zero-order valence-electron chi connectivity index (χ0n) is 6.20. The van der Waals surface area contributed by atoms with Crippen LogP contribution in [0.15, 0.2) is 11.2 Å². The molecule has 0 saturated carbocycles. The third-order valence-electron chi connectivity index (χ3n) is 1.71. The number of nitrogen functional groups attached to an aromatic ring is 1. The number of nitrogens with zero attached hydrogens (tertiary/aromatic N) is 3. The second-order valence-corrected chi connectivity index (χ2v) is 2.56. The van der Waals surface area contributed by atoms with Crippen LogP contribution >= 0.6 is 0 Å². The first kappa shape index (κ1) is 6.27. The molecule has 0 fully saturated rings. The zero-order chi connectivity index (χ0) is 7.84. The van der Waals surface area contributed by atoms with E-state index in [0.717, 1.165) is 17.3 Å². The van der Waals surface area contributed by atoms with Gasteiger partial charge in [-0.25, -0.2) is 4.98 Å². The van der Waals surface area contributed by atoms with E-state index in [-0.39, 0.29) is 0 Å². The van der Waals surface area contributed by atoms with Crippen LogP contribution < -0.4 is 16.4 Å². The molecule has 2 N–H and O–H groups in total. The van der Waals surface area contributed by atoms with Crippen molar-refractivity contribution in [3.05, 3.63) is 16.9 Å². The van der Waals surface area contributed by atoms with Gasteiger partial charge in [-0.05, 0) is 12.5 Å². The molecule has 4 heteroatoms. The molecule has 56 valence electrons. The van der Waals surface area contributed by atoms with E-state index in [4.69, 9.17) is 5.73 Å². The van der Waals surface area contributed by atoms with Crippen molar-refractivity contribution in [1.29, 1.82) is 0 Å². The number of rotatable bonds is 0. The summed E-state index contributed by atoms with van der Waals surface area (Å²) in [5, 5.41) is 1.03. The van der Waals surface area contributed by atoms with Crippen LogP contribution in [0.4, 0.5) is 5.95 Å². The topological polar surface area (TPSA) is 64.2 Å². The van der Waals surface area contributed by atoms with E-state index in [0.29, 0.717) is 5.95 Å². The number of hydrogen-bond donors (Lipinski definition) is 1. The lowest BCUT2D eigenvalue weighted by molar-refractivity contribution is 1.05. The second kappa shape index (κ2) is 2.02. The Hall–Kier alpha value is -1.45. The van der Waals surface area contributed by atoms with Crippen molar-refractivity contribution in [2.75, 3.05) is 12.3 Å². The standard InChI is InChI=1S/C7H8N4/c1-4-2-9-6-5(4)3-10-7(8)11-6/h3H,2H2,1H3,(H2,8,9,11). The Bertz CT molecular complexity index is 407. The van der Waals surface area contributed by atoms with Crippen molar-refractivity contribution in [2.45, 2.75) is 6.92 Å². The molecule has 1 aromatic rings. The van der Waals surface area contributed by atoms with Crippen molar-refractivity contribution in [3.63, 3.8) is 0 Å². The Kier molecular flexibility index (Phi) is 1.15. The molecule has 0 bridgehead atoms. The van der Waals surface area contributed by atoms with Gasteiger partial charge >= 0.3 is 0 Å². The van der Waals surface area contributed by atoms with Crippen LogP contribution in [0.3, 0.4) is 0 Å². The first-order valence-electron chi connectivity index (χ1n) is 3.40. The highest BCUT2D eigenvalue weighted by atomic mass is 15.0. The summed E-state index contributed by atoms with van der Waals surface area (Å²) in [6, 6.07) is 0. The molecule has 1 aromatic heterocycles. The summed E-state index contributed by atoms with van der Waals surface area (Å²) in [6.07, 6.45) is 1.73. The Morgan fingerprint density at radius 2 is 2.36 bits per heavy atom. The maximum atomic E-state index is 5.38. The van der Waals surface area contributed by atoms with Crippen LogP contribution in [-0.2, 0) is 0 Å². The van der Waals surface area contributed by atoms with Gasteiger partial charge in [-0.15, -0.1) is 0 Å². The molecular weight excluding hydrogens is 140 g/mol. The third kappa shape index (κ3) is 0.869. The summed E-state index contributed by atoms with van der Waals surface area (Å²) < 4.78 is 0. The highest BCUT2D eigenvalue weighted by Crippen LogP contribution is 1.92. The molecule has 2 rings (SSSR count). The van der Waals surface area contributed by atoms with Crippen LogP contribution in [0.1, 0.15) is 6.92 Å². The Morgan fingerprint density at radius 3 is 3.18 bits per heavy atom. The smallest absolute Gasteiger partial charge is 0.222 e. The van der Waals surface area contributed by atoms with Crippen molar-refractivity contribution < 1.29 is 0 Å². The summed E-state index contributed by atoms with van der Waals surface area (Å²) in [6.45, 7) is 2.75. The fraction of sp³-hybridized carbons (Fsp3) is 0.286. The Morgan fingerprint density at radius 1 is 1.55 bits per heavy atom. The van der Waals surface area contributed by atoms with Gasteiger partial charge in [0.05, 0.1) is 6.54 Å². The van der Waals surface area contributed by atoms with Crippen molar-refractivity contribution >= 4 is 11.5 Å². The minimum Gasteiger partial charge on any atom is -0.368 e. The van der Waals surface area contributed by atoms with E-state index in [1.807, 2.05) is 6.92 Å². The predicted octanol–water partition coefficient (Wildman–Crippen LogP) is -1.14. The van der Waals surface area contributed by atoms with Crippen LogP contribution in [0.2, 0.25) is 0 Å². The fourth-order valence-corrected chi connectivity index (χ4v) is 1.09. The average molecular weight is 148 g/mol. The molecule has 0 radical (unpaired) electrons. The highest BCUT2D eigenvalue weighted by molar-refractivity contribution is 5.45. The summed E-state index contributed by atoms with van der Waals surface area (Å²) in [4.78, 5) is 12.0. The predicted molar refractivity (Wildman–Crippen MR) is 41.2 cm³/mol. The van der Waals surface area contributed by atoms with E-state index in [1.165, 1.54) is 5.57 Å². The lowest BCUT2D eigenvalue weighted by Gasteiger charge is -1.87. The monoisotopic (exact) mass is 148 g/mol. The first-order valence-corrected chi connectivity index (χ1v) is 3.40. The molecule has 0 saturated heterocycles. The molecular formula is C7H8N4. The van der Waals surface area contributed by atoms with Gasteiger partial charge in [-0.2, -0.15) is 4.98 Å². The molecule has 0 atom stereocenters. The van der Waals surface area contributed by atoms with Gasteiger partial charge in [0.1, 0.15) is 0 Å². The second-order valence-electron chi connectivity index (χ2n) is 2.56. The molecule has 0 unspecified atom stereocenters. The lowest BCUT2D eigenvalue weighted by Crippen LogP contribution is -2.28. The zero-order valence-corrected chi connectivity index (χ0v) is 6.20. The highest BCUT2D eigenvalue weighted by Gasteiger charge is 2.02. The molecule has 2 heterocycles. The largest absolute Gasteiger partial charge is 0.368 e. The quantitative estimate of drug-likeness (QED) is 0.506. The minimum atomic E-state index is 0.294. The minimum absolute atomic E-state index is 0.294. The van der Waals surface area contributed by atoms with Gasteiger partial charge in [-0.1, -0.05) is 0 Å². The SMILES string of the molecule is CC1=c2cnc(N)nc2=NC1. The van der Waals surface area contributed by atoms with E-state index in [9.17, 15) is 0 Å². The third-order valence-corrected chi connectivity index (χ3v) is 1.71. The number of anilines is 1. The van der Waals surface area contributed by atoms with Crippen LogP contribution in [0.25, 0.3) is 5.57 Å². The lowest BCUT2D eigenvalue weighted by atomic mass is 10.3. The molecule has 1 aliphatic rings. The molecule has 11 heavy (non-hydrogen) atoms. The van der Waals surface area contributed by atoms with Gasteiger partial charge < -0.3 is 5.73 Å². The van der Waals surface area contributed by atoms with Gasteiger partial charge in [0.2, 0.25) is 5.95 Å². The van der Waals surface area contributed by atoms with Gasteiger partial charge in [-0.3, -0.25) is 4.99 Å². The summed E-state index contributed by atoms with van der Waals surface area (Å²) >= 11 is 0. The first-order chi connectivity index (χ1) is 5.27. The average Bonchev–Trinajstić information content (AvgIpc) is 2.32. The summed E-state index contributed by atoms with van der Waals surface area (Å²) in [5.41, 5.74) is 7.32. The number of aromatic nitrogens is 2. The number of nitrogens with two attached hydrogens (primary N) is 1. The van der Waals surface area contributed by atoms with Crippen molar-refractivity contribution in [3.8, 4) is 0 Å². The molecule has 0 amide bonds. The molecule has 0 aromatic carbocycles. The maximum absolute atomic E-state index is 5.38. The number of hydrogen-bond acceptors (Lipinski definition) is 4. The van der Waals surface area contributed by atoms with Crippen molar-refractivity contribution in [1.82, 2.24) is 9.97 Å². The fourth-order valence-electron chi connectivity index (χ4n) is 1.09. The molecule has 0 spiro atoms. The molecule has 0 aliphatic carbocycles. The van der Waals surface area contributed by atoms with E-state index < -0.39 is 0 Å². The summed E-state index contributed by atoms with van der Waals surface area (Å²) in [7, 11) is 0. The van der Waals surface area contributed by atoms with E-state index >= 15 is 0 Å². The van der Waals surface area contributed by atoms with E-state index in [1.54, 1.807) is 6.20 Å². The summed E-state index contributed by atoms with van der Waals surface area (Å²) in [5.74, 6) is 0.294. The van der Waals surface area contributed by atoms with Crippen molar-refractivity contribution in [2.24, 2.45) is 4.99 Å². The van der Waals surface area contributed by atoms with Crippen LogP contribution in [0.5, 0.6) is 0 Å². The number of fused-ring (bicyclic) bond motifs is 1. The Balaban J connectivity index is 2.89. The van der Waals surface area contributed by atoms with Crippen LogP contribution in [0, 0.1) is 0 Å². The maximum Gasteiger partial charge on any atom is 0.222 e. The van der Waals surface area contributed by atoms with Gasteiger partial charge in [0.25, 0.3) is 0 Å². The molecule has 1 aliphatic heterocycles. The molecule has 4 nitrogen and oxygen atoms in total. The van der Waals surface area contributed by atoms with E-state index in [2.05, 4.69) is 15.0 Å². The normalized spacial score (nSPS) is 14.5.